The molecule has 2 aromatic rings. The number of nitrogens with zero attached hydrogens (tertiary/aromatic N) is 3. The second kappa shape index (κ2) is 6.11. The summed E-state index contributed by atoms with van der Waals surface area (Å²) in [5, 5.41) is 18.8. The van der Waals surface area contributed by atoms with E-state index < -0.39 is 11.7 Å². The van der Waals surface area contributed by atoms with Crippen molar-refractivity contribution in [1.82, 2.24) is 10.2 Å². The van der Waals surface area contributed by atoms with Crippen LogP contribution in [0.2, 0.25) is 0 Å². The number of rotatable bonds is 4. The Hall–Kier alpha value is -1.79. The molecule has 104 valence electrons. The van der Waals surface area contributed by atoms with Crippen LogP contribution in [0.5, 0.6) is 0 Å². The van der Waals surface area contributed by atoms with Crippen molar-refractivity contribution in [2.75, 3.05) is 11.1 Å². The Labute approximate surface area is 120 Å². The van der Waals surface area contributed by atoms with Crippen molar-refractivity contribution in [2.45, 2.75) is 10.5 Å². The first-order chi connectivity index (χ1) is 9.50. The molecule has 1 N–H and O–H groups in total. The molecule has 4 nitrogen and oxygen atoms in total. The predicted molar refractivity (Wildman–Crippen MR) is 71.0 cm³/mol. The number of alkyl halides is 3. The molecule has 9 heteroatoms. The minimum Gasteiger partial charge on any atom is -0.330 e. The van der Waals surface area contributed by atoms with Gasteiger partial charge in [0, 0.05) is 0 Å². The fourth-order valence-electron chi connectivity index (χ4n) is 1.37. The van der Waals surface area contributed by atoms with Gasteiger partial charge in [0.25, 0.3) is 0 Å². The fourth-order valence-corrected chi connectivity index (χ4v) is 2.79. The molecule has 0 atom stereocenters. The third-order valence-electron chi connectivity index (χ3n) is 2.14. The summed E-state index contributed by atoms with van der Waals surface area (Å²) in [5.74, 6) is 0.216. The zero-order chi connectivity index (χ0) is 14.6. The van der Waals surface area contributed by atoms with Gasteiger partial charge in [-0.05, 0) is 12.1 Å². The van der Waals surface area contributed by atoms with E-state index in [4.69, 9.17) is 5.26 Å². The number of aromatic nitrogens is 2. The average Bonchev–Trinajstić information content (AvgIpc) is 2.83. The van der Waals surface area contributed by atoms with Crippen LogP contribution in [0, 0.1) is 11.3 Å². The molecule has 20 heavy (non-hydrogen) atoms. The lowest BCUT2D eigenvalue weighted by molar-refractivity contribution is -0.136. The molecule has 0 aliphatic heterocycles. The summed E-state index contributed by atoms with van der Waals surface area (Å²) in [6, 6.07) is 7.08. The molecule has 0 aliphatic rings. The highest BCUT2D eigenvalue weighted by atomic mass is 32.2. The van der Waals surface area contributed by atoms with Gasteiger partial charge in [0.05, 0.1) is 23.1 Å². The number of anilines is 2. The van der Waals surface area contributed by atoms with Crippen molar-refractivity contribution in [1.29, 1.82) is 5.26 Å². The molecule has 1 heterocycles. The van der Waals surface area contributed by atoms with Crippen molar-refractivity contribution >= 4 is 33.9 Å². The monoisotopic (exact) mass is 316 g/mol. The Morgan fingerprint density at radius 3 is 2.75 bits per heavy atom. The summed E-state index contributed by atoms with van der Waals surface area (Å²) < 4.78 is 39.0. The standard InChI is InChI=1S/C11H7F3N4S2/c12-11(13,14)7-3-1-2-4-8(7)16-9-17-18-10(20-9)19-6-5-15/h1-4H,6H2,(H,16,17). The van der Waals surface area contributed by atoms with Gasteiger partial charge in [-0.2, -0.15) is 18.4 Å². The van der Waals surface area contributed by atoms with Crippen LogP contribution in [0.15, 0.2) is 28.6 Å². The zero-order valence-corrected chi connectivity index (χ0v) is 11.4. The molecule has 0 aliphatic carbocycles. The highest BCUT2D eigenvalue weighted by Crippen LogP contribution is 2.36. The largest absolute Gasteiger partial charge is 0.418 e. The molecular formula is C11H7F3N4S2. The van der Waals surface area contributed by atoms with Gasteiger partial charge in [-0.1, -0.05) is 35.2 Å². The molecule has 0 amide bonds. The summed E-state index contributed by atoms with van der Waals surface area (Å²) in [4.78, 5) is 0. The Kier molecular flexibility index (Phi) is 4.46. The summed E-state index contributed by atoms with van der Waals surface area (Å²) >= 11 is 2.28. The molecule has 2 rings (SSSR count). The second-order valence-corrected chi connectivity index (χ2v) is 5.69. The number of nitriles is 1. The maximum Gasteiger partial charge on any atom is 0.418 e. The van der Waals surface area contributed by atoms with Crippen LogP contribution >= 0.6 is 23.1 Å². The number of hydrogen-bond donors (Lipinski definition) is 1. The highest BCUT2D eigenvalue weighted by molar-refractivity contribution is 8.01. The Bertz CT molecular complexity index is 633. The first-order valence-corrected chi connectivity index (χ1v) is 7.07. The van der Waals surface area contributed by atoms with Crippen LogP contribution in [0.25, 0.3) is 0 Å². The van der Waals surface area contributed by atoms with Gasteiger partial charge in [-0.25, -0.2) is 0 Å². The van der Waals surface area contributed by atoms with Gasteiger partial charge in [0.2, 0.25) is 5.13 Å². The maximum atomic E-state index is 12.8. The Balaban J connectivity index is 2.18. The van der Waals surface area contributed by atoms with Crippen molar-refractivity contribution in [3.05, 3.63) is 29.8 Å². The number of thioether (sulfide) groups is 1. The van der Waals surface area contributed by atoms with Crippen LogP contribution in [-0.2, 0) is 6.18 Å². The van der Waals surface area contributed by atoms with Crippen LogP contribution in [0.1, 0.15) is 5.56 Å². The second-order valence-electron chi connectivity index (χ2n) is 3.49. The highest BCUT2D eigenvalue weighted by Gasteiger charge is 2.33. The van der Waals surface area contributed by atoms with Gasteiger partial charge in [-0.15, -0.1) is 10.2 Å². The van der Waals surface area contributed by atoms with E-state index in [0.29, 0.717) is 4.34 Å². The molecular weight excluding hydrogens is 309 g/mol. The summed E-state index contributed by atoms with van der Waals surface area (Å²) in [7, 11) is 0. The van der Waals surface area contributed by atoms with Crippen LogP contribution < -0.4 is 5.32 Å². The van der Waals surface area contributed by atoms with E-state index in [2.05, 4.69) is 15.5 Å². The lowest BCUT2D eigenvalue weighted by atomic mass is 10.2. The predicted octanol–water partition coefficient (Wildman–Crippen LogP) is 3.92. The minimum absolute atomic E-state index is 0.0759. The topological polar surface area (TPSA) is 61.6 Å². The van der Waals surface area contributed by atoms with Gasteiger partial charge in [-0.3, -0.25) is 0 Å². The van der Waals surface area contributed by atoms with Gasteiger partial charge < -0.3 is 5.32 Å². The average molecular weight is 316 g/mol. The Morgan fingerprint density at radius 2 is 2.05 bits per heavy atom. The van der Waals surface area contributed by atoms with Gasteiger partial charge in [0.15, 0.2) is 4.34 Å². The van der Waals surface area contributed by atoms with Crippen molar-refractivity contribution in [2.24, 2.45) is 0 Å². The maximum absolute atomic E-state index is 12.8. The van der Waals surface area contributed by atoms with Gasteiger partial charge in [0.1, 0.15) is 0 Å². The third kappa shape index (κ3) is 3.61. The van der Waals surface area contributed by atoms with E-state index in [-0.39, 0.29) is 16.6 Å². The van der Waals surface area contributed by atoms with Crippen LogP contribution in [0.4, 0.5) is 24.0 Å². The lowest BCUT2D eigenvalue weighted by Gasteiger charge is -2.12. The normalized spacial score (nSPS) is 11.1. The van der Waals surface area contributed by atoms with Gasteiger partial charge >= 0.3 is 6.18 Å². The number of nitrogens with one attached hydrogen (secondary N) is 1. The molecule has 0 spiro atoms. The SMILES string of the molecule is N#CCSc1nnc(Nc2ccccc2C(F)(F)F)s1. The first kappa shape index (κ1) is 14.6. The molecule has 0 saturated carbocycles. The van der Waals surface area contributed by atoms with E-state index in [0.717, 1.165) is 17.4 Å². The fraction of sp³-hybridized carbons (Fsp3) is 0.182. The molecule has 1 aromatic carbocycles. The van der Waals surface area contributed by atoms with Crippen molar-refractivity contribution in [3.8, 4) is 6.07 Å². The summed E-state index contributed by atoms with van der Waals surface area (Å²) in [6.07, 6.45) is -4.44. The quantitative estimate of drug-likeness (QED) is 0.866. The molecule has 0 bridgehead atoms. The number of para-hydroxylation sites is 1. The molecule has 0 saturated heterocycles. The van der Waals surface area contributed by atoms with E-state index in [1.807, 2.05) is 6.07 Å². The van der Waals surface area contributed by atoms with Crippen LogP contribution in [-0.4, -0.2) is 16.0 Å². The first-order valence-electron chi connectivity index (χ1n) is 5.27. The molecule has 0 unspecified atom stereocenters. The Morgan fingerprint density at radius 1 is 1.30 bits per heavy atom. The smallest absolute Gasteiger partial charge is 0.330 e. The molecule has 1 aromatic heterocycles. The third-order valence-corrected chi connectivity index (χ3v) is 3.98. The minimum atomic E-state index is -4.44. The van der Waals surface area contributed by atoms with Crippen molar-refractivity contribution < 1.29 is 13.2 Å². The van der Waals surface area contributed by atoms with E-state index in [1.54, 1.807) is 0 Å². The number of hydrogen-bond acceptors (Lipinski definition) is 6. The van der Waals surface area contributed by atoms with E-state index >= 15 is 0 Å². The van der Waals surface area contributed by atoms with E-state index in [1.165, 1.54) is 30.0 Å². The van der Waals surface area contributed by atoms with Crippen LogP contribution in [0.3, 0.4) is 0 Å². The zero-order valence-electron chi connectivity index (χ0n) is 9.81. The molecule has 0 fully saturated rings. The number of benzene rings is 1. The summed E-state index contributed by atoms with van der Waals surface area (Å²) in [5.41, 5.74) is -0.839. The summed E-state index contributed by atoms with van der Waals surface area (Å²) in [6.45, 7) is 0. The van der Waals surface area contributed by atoms with Crippen molar-refractivity contribution in [3.63, 3.8) is 0 Å². The lowest BCUT2D eigenvalue weighted by Crippen LogP contribution is -2.08. The van der Waals surface area contributed by atoms with E-state index in [9.17, 15) is 13.2 Å². The molecule has 0 radical (unpaired) electrons. The number of halogens is 3.